The van der Waals surface area contributed by atoms with E-state index in [4.69, 9.17) is 19.9 Å². The topological polar surface area (TPSA) is 51.6 Å². The minimum absolute atomic E-state index is 0.473. The van der Waals surface area contributed by atoms with E-state index in [1.807, 2.05) is 60.7 Å². The summed E-state index contributed by atoms with van der Waals surface area (Å²) in [6, 6.07) is 78.1. The molecule has 0 bridgehead atoms. The van der Waals surface area contributed by atoms with Crippen LogP contribution in [0.15, 0.2) is 218 Å². The third-order valence-electron chi connectivity index (χ3n) is 13.1. The molecule has 0 radical (unpaired) electrons. The van der Waals surface area contributed by atoms with Gasteiger partial charge in [-0.3, -0.25) is 0 Å². The molecule has 0 fully saturated rings. The molecule has 11 aromatic rings. The molecule has 2 heterocycles. The predicted molar refractivity (Wildman–Crippen MR) is 256 cm³/mol. The third-order valence-corrected chi connectivity index (χ3v) is 13.1. The summed E-state index contributed by atoms with van der Waals surface area (Å²) in [6.07, 6.45) is 0. The van der Waals surface area contributed by atoms with Gasteiger partial charge in [-0.15, -0.1) is 0 Å². The van der Waals surface area contributed by atoms with Gasteiger partial charge in [0.2, 0.25) is 0 Å². The molecular weight excluding hydrogens is 765 g/mol. The van der Waals surface area contributed by atoms with Crippen LogP contribution in [0.3, 0.4) is 0 Å². The maximum atomic E-state index is 5.58. The summed E-state index contributed by atoms with van der Waals surface area (Å²) in [5, 5.41) is 3.47. The third kappa shape index (κ3) is 5.41. The molecule has 2 aliphatic carbocycles. The van der Waals surface area contributed by atoms with E-state index in [0.717, 1.165) is 50.0 Å². The summed E-state index contributed by atoms with van der Waals surface area (Å²) in [4.78, 5) is 20.8. The summed E-state index contributed by atoms with van der Waals surface area (Å²) in [5.74, 6) is 1.89. The highest BCUT2D eigenvalue weighted by atomic mass is 15.0. The molecular formula is C59H36N4. The number of hydrogen-bond donors (Lipinski definition) is 0. The zero-order chi connectivity index (χ0) is 41.5. The highest BCUT2D eigenvalue weighted by Crippen LogP contribution is 2.63. The van der Waals surface area contributed by atoms with E-state index in [0.29, 0.717) is 17.5 Å². The summed E-state index contributed by atoms with van der Waals surface area (Å²) < 4.78 is 0. The van der Waals surface area contributed by atoms with Crippen molar-refractivity contribution in [2.75, 3.05) is 0 Å². The Morgan fingerprint density at radius 3 is 1.41 bits per heavy atom. The lowest BCUT2D eigenvalue weighted by molar-refractivity contribution is 0.794. The van der Waals surface area contributed by atoms with Crippen LogP contribution in [-0.2, 0) is 5.41 Å². The standard InChI is InChI=1S/C59H36N4/c1-3-17-38(18-4-1)56-61-57(39-19-5-2-6-20-39)63-58(62-56)43-23-15-22-41(33-43)47-35-54(42-31-30-37-16-7-8-21-40(37)32-42)60-55-36-53-48(34-49(47)55)46-26-11-14-29-52(46)59(53)50-27-12-9-24-44(50)45-25-10-13-28-51(45)59/h1-36H. The SMILES string of the molecule is c1ccc(-c2nc(-c3ccccc3)nc(-c3cccc(-c4cc(-c5ccc6ccccc6c5)nc5cc6c(cc45)-c4ccccc4C64c5ccccc5-c5ccccc54)c3)n2)cc1. The predicted octanol–water partition coefficient (Wildman–Crippen LogP) is 14.3. The van der Waals surface area contributed by atoms with E-state index in [2.05, 4.69) is 158 Å². The van der Waals surface area contributed by atoms with E-state index in [9.17, 15) is 0 Å². The van der Waals surface area contributed by atoms with Crippen LogP contribution in [0.1, 0.15) is 22.3 Å². The van der Waals surface area contributed by atoms with Crippen LogP contribution in [-0.4, -0.2) is 19.9 Å². The van der Waals surface area contributed by atoms with E-state index >= 15 is 0 Å². The number of benzene rings is 9. The maximum Gasteiger partial charge on any atom is 0.164 e. The lowest BCUT2D eigenvalue weighted by Crippen LogP contribution is -2.25. The van der Waals surface area contributed by atoms with Crippen molar-refractivity contribution in [2.45, 2.75) is 5.41 Å². The number of pyridine rings is 1. The summed E-state index contributed by atoms with van der Waals surface area (Å²) >= 11 is 0. The van der Waals surface area contributed by atoms with Gasteiger partial charge in [0, 0.05) is 27.6 Å². The molecule has 0 amide bonds. The molecule has 0 saturated heterocycles. The van der Waals surface area contributed by atoms with Crippen LogP contribution in [0.25, 0.3) is 100 Å². The Morgan fingerprint density at radius 2 is 0.778 bits per heavy atom. The van der Waals surface area contributed by atoms with Gasteiger partial charge in [0.25, 0.3) is 0 Å². The van der Waals surface area contributed by atoms with Crippen molar-refractivity contribution < 1.29 is 0 Å². The Kier molecular flexibility index (Phi) is 7.79. The van der Waals surface area contributed by atoms with Gasteiger partial charge in [-0.2, -0.15) is 0 Å². The van der Waals surface area contributed by atoms with Gasteiger partial charge in [-0.25, -0.2) is 19.9 Å². The molecule has 0 aliphatic heterocycles. The van der Waals surface area contributed by atoms with Gasteiger partial charge in [0.1, 0.15) is 0 Å². The van der Waals surface area contributed by atoms with Gasteiger partial charge >= 0.3 is 0 Å². The Bertz CT molecular complexity index is 3530. The van der Waals surface area contributed by atoms with Crippen molar-refractivity contribution >= 4 is 21.7 Å². The van der Waals surface area contributed by atoms with E-state index in [1.54, 1.807) is 0 Å². The number of fused-ring (bicyclic) bond motifs is 12. The molecule has 63 heavy (non-hydrogen) atoms. The van der Waals surface area contributed by atoms with Gasteiger partial charge in [0.15, 0.2) is 17.5 Å². The molecule has 4 heteroatoms. The quantitative estimate of drug-likeness (QED) is 0.174. The Labute approximate surface area is 364 Å². The molecule has 0 saturated carbocycles. The first-order chi connectivity index (χ1) is 31.2. The molecule has 0 atom stereocenters. The highest BCUT2D eigenvalue weighted by molar-refractivity contribution is 6.05. The van der Waals surface area contributed by atoms with E-state index < -0.39 is 5.41 Å². The van der Waals surface area contributed by atoms with Crippen molar-refractivity contribution in [2.24, 2.45) is 0 Å². The van der Waals surface area contributed by atoms with E-state index in [-0.39, 0.29) is 0 Å². The Balaban J connectivity index is 1.07. The fourth-order valence-electron chi connectivity index (χ4n) is 10.3. The minimum Gasteiger partial charge on any atom is -0.248 e. The van der Waals surface area contributed by atoms with Crippen LogP contribution in [0.5, 0.6) is 0 Å². The van der Waals surface area contributed by atoms with Crippen LogP contribution < -0.4 is 0 Å². The molecule has 2 aliphatic rings. The molecule has 1 spiro atoms. The van der Waals surface area contributed by atoms with Crippen molar-refractivity contribution in [3.63, 3.8) is 0 Å². The normalized spacial score (nSPS) is 12.9. The van der Waals surface area contributed by atoms with Crippen LogP contribution >= 0.6 is 0 Å². The largest absolute Gasteiger partial charge is 0.248 e. The molecule has 0 N–H and O–H groups in total. The zero-order valence-corrected chi connectivity index (χ0v) is 34.1. The molecule has 4 nitrogen and oxygen atoms in total. The summed E-state index contributed by atoms with van der Waals surface area (Å²) in [5.41, 5.74) is 17.7. The van der Waals surface area contributed by atoms with Crippen LogP contribution in [0.2, 0.25) is 0 Å². The monoisotopic (exact) mass is 800 g/mol. The summed E-state index contributed by atoms with van der Waals surface area (Å²) in [6.45, 7) is 0. The Morgan fingerprint density at radius 1 is 0.270 bits per heavy atom. The van der Waals surface area contributed by atoms with Crippen molar-refractivity contribution in [1.82, 2.24) is 19.9 Å². The average molecular weight is 801 g/mol. The van der Waals surface area contributed by atoms with Gasteiger partial charge in [0.05, 0.1) is 16.6 Å². The van der Waals surface area contributed by atoms with Crippen LogP contribution in [0, 0.1) is 0 Å². The molecule has 2 aromatic heterocycles. The molecule has 292 valence electrons. The van der Waals surface area contributed by atoms with E-state index in [1.165, 1.54) is 55.3 Å². The first kappa shape index (κ1) is 35.4. The smallest absolute Gasteiger partial charge is 0.164 e. The van der Waals surface area contributed by atoms with Gasteiger partial charge < -0.3 is 0 Å². The number of hydrogen-bond acceptors (Lipinski definition) is 4. The minimum atomic E-state index is -0.473. The second kappa shape index (κ2) is 13.8. The van der Waals surface area contributed by atoms with Gasteiger partial charge in [-0.05, 0) is 96.7 Å². The number of aromatic nitrogens is 4. The first-order valence-electron chi connectivity index (χ1n) is 21.5. The summed E-state index contributed by atoms with van der Waals surface area (Å²) in [7, 11) is 0. The van der Waals surface area contributed by atoms with Crippen molar-refractivity contribution in [3.05, 3.63) is 241 Å². The first-order valence-corrected chi connectivity index (χ1v) is 21.5. The lowest BCUT2D eigenvalue weighted by atomic mass is 9.70. The molecule has 9 aromatic carbocycles. The average Bonchev–Trinajstić information content (AvgIpc) is 3.82. The second-order valence-corrected chi connectivity index (χ2v) is 16.5. The number of rotatable bonds is 5. The van der Waals surface area contributed by atoms with Gasteiger partial charge in [-0.1, -0.05) is 188 Å². The zero-order valence-electron chi connectivity index (χ0n) is 34.1. The highest BCUT2D eigenvalue weighted by Gasteiger charge is 2.51. The lowest BCUT2D eigenvalue weighted by Gasteiger charge is -2.30. The fraction of sp³-hybridized carbons (Fsp3) is 0.0169. The Hall–Kier alpha value is -8.34. The number of nitrogens with zero attached hydrogens (tertiary/aromatic N) is 4. The van der Waals surface area contributed by atoms with Crippen molar-refractivity contribution in [1.29, 1.82) is 0 Å². The van der Waals surface area contributed by atoms with Crippen LogP contribution in [0.4, 0.5) is 0 Å². The fourth-order valence-corrected chi connectivity index (χ4v) is 10.3. The molecule has 13 rings (SSSR count). The maximum absolute atomic E-state index is 5.58. The molecule has 0 unspecified atom stereocenters. The van der Waals surface area contributed by atoms with Crippen molar-refractivity contribution in [3.8, 4) is 78.8 Å². The second-order valence-electron chi connectivity index (χ2n) is 16.5.